The summed E-state index contributed by atoms with van der Waals surface area (Å²) in [5, 5.41) is 6.14. The summed E-state index contributed by atoms with van der Waals surface area (Å²) in [5.74, 6) is 0.528. The van der Waals surface area contributed by atoms with Crippen molar-refractivity contribution in [1.82, 2.24) is 15.3 Å². The van der Waals surface area contributed by atoms with Crippen molar-refractivity contribution in [3.05, 3.63) is 54.0 Å². The van der Waals surface area contributed by atoms with Gasteiger partial charge in [-0.05, 0) is 37.1 Å². The van der Waals surface area contributed by atoms with Gasteiger partial charge in [0, 0.05) is 18.4 Å². The summed E-state index contributed by atoms with van der Waals surface area (Å²) in [4.78, 5) is 20.6. The molecule has 1 aliphatic rings. The molecule has 0 saturated heterocycles. The van der Waals surface area contributed by atoms with E-state index in [1.54, 1.807) is 24.5 Å². The van der Waals surface area contributed by atoms with E-state index in [9.17, 15) is 4.79 Å². The Labute approximate surface area is 117 Å². The zero-order valence-corrected chi connectivity index (χ0v) is 11.0. The minimum Gasteiger partial charge on any atom is -0.367 e. The third-order valence-electron chi connectivity index (χ3n) is 3.13. The normalized spacial score (nSPS) is 13.8. The van der Waals surface area contributed by atoms with Crippen LogP contribution in [0.2, 0.25) is 0 Å². The second-order valence-corrected chi connectivity index (χ2v) is 4.82. The van der Waals surface area contributed by atoms with Gasteiger partial charge in [0.15, 0.2) is 0 Å². The second kappa shape index (κ2) is 5.69. The van der Waals surface area contributed by atoms with Crippen LogP contribution >= 0.6 is 0 Å². The summed E-state index contributed by atoms with van der Waals surface area (Å²) in [7, 11) is 0. The van der Waals surface area contributed by atoms with Crippen molar-refractivity contribution >= 4 is 11.7 Å². The molecule has 20 heavy (non-hydrogen) atoms. The van der Waals surface area contributed by atoms with Gasteiger partial charge in [0.1, 0.15) is 5.82 Å². The van der Waals surface area contributed by atoms with Crippen LogP contribution in [-0.4, -0.2) is 21.9 Å². The van der Waals surface area contributed by atoms with Crippen molar-refractivity contribution in [2.24, 2.45) is 0 Å². The third-order valence-corrected chi connectivity index (χ3v) is 3.13. The van der Waals surface area contributed by atoms with Crippen molar-refractivity contribution in [1.29, 1.82) is 0 Å². The molecule has 0 aromatic carbocycles. The number of pyridine rings is 2. The van der Waals surface area contributed by atoms with Crippen molar-refractivity contribution in [3.8, 4) is 0 Å². The number of aromatic nitrogens is 2. The molecule has 2 aromatic heterocycles. The van der Waals surface area contributed by atoms with E-state index < -0.39 is 0 Å². The van der Waals surface area contributed by atoms with E-state index in [1.165, 1.54) is 0 Å². The summed E-state index contributed by atoms with van der Waals surface area (Å²) in [5.41, 5.74) is 1.41. The number of nitrogens with one attached hydrogen (secondary N) is 2. The van der Waals surface area contributed by atoms with Gasteiger partial charge in [0.05, 0.1) is 17.8 Å². The number of rotatable bonds is 5. The molecule has 0 bridgehead atoms. The molecule has 0 atom stereocenters. The summed E-state index contributed by atoms with van der Waals surface area (Å²) in [6, 6.07) is 9.65. The Morgan fingerprint density at radius 3 is 2.75 bits per heavy atom. The van der Waals surface area contributed by atoms with Gasteiger partial charge in [0.2, 0.25) is 0 Å². The summed E-state index contributed by atoms with van der Waals surface area (Å²) >= 11 is 0. The van der Waals surface area contributed by atoms with Gasteiger partial charge >= 0.3 is 0 Å². The van der Waals surface area contributed by atoms with Crippen LogP contribution in [-0.2, 0) is 6.54 Å². The molecule has 0 aliphatic heterocycles. The fourth-order valence-corrected chi connectivity index (χ4v) is 1.89. The van der Waals surface area contributed by atoms with Gasteiger partial charge in [0.25, 0.3) is 5.91 Å². The molecule has 1 saturated carbocycles. The molecular formula is C15H16N4O. The Balaban J connectivity index is 1.67. The molecule has 0 unspecified atom stereocenters. The Morgan fingerprint density at radius 2 is 2.00 bits per heavy atom. The van der Waals surface area contributed by atoms with Crippen LogP contribution in [0.15, 0.2) is 42.7 Å². The minimum absolute atomic E-state index is 0.132. The SMILES string of the molecule is O=C(NCc1ccccn1)c1cccnc1NC1CC1. The lowest BCUT2D eigenvalue weighted by molar-refractivity contribution is 0.0951. The Morgan fingerprint density at radius 1 is 1.15 bits per heavy atom. The third kappa shape index (κ3) is 3.12. The standard InChI is InChI=1S/C15H16N4O/c20-15(18-10-12-4-1-2-8-16-12)13-5-3-9-17-14(13)19-11-6-7-11/h1-5,8-9,11H,6-7,10H2,(H,17,19)(H,18,20). The molecule has 1 aliphatic carbocycles. The molecular weight excluding hydrogens is 252 g/mol. The molecule has 0 spiro atoms. The van der Waals surface area contributed by atoms with Crippen LogP contribution in [0.3, 0.4) is 0 Å². The summed E-state index contributed by atoms with van der Waals surface area (Å²) in [6.45, 7) is 0.414. The van der Waals surface area contributed by atoms with E-state index in [0.29, 0.717) is 24.0 Å². The van der Waals surface area contributed by atoms with Crippen LogP contribution in [0.5, 0.6) is 0 Å². The smallest absolute Gasteiger partial charge is 0.255 e. The zero-order chi connectivity index (χ0) is 13.8. The van der Waals surface area contributed by atoms with Crippen molar-refractivity contribution in [2.45, 2.75) is 25.4 Å². The fourth-order valence-electron chi connectivity index (χ4n) is 1.89. The first-order chi connectivity index (χ1) is 9.83. The van der Waals surface area contributed by atoms with E-state index >= 15 is 0 Å². The maximum Gasteiger partial charge on any atom is 0.255 e. The molecule has 1 fully saturated rings. The average Bonchev–Trinajstić information content (AvgIpc) is 3.30. The van der Waals surface area contributed by atoms with Crippen LogP contribution in [0, 0.1) is 0 Å². The Hall–Kier alpha value is -2.43. The molecule has 3 rings (SSSR count). The lowest BCUT2D eigenvalue weighted by Crippen LogP contribution is -2.25. The number of amides is 1. The summed E-state index contributed by atoms with van der Waals surface area (Å²) < 4.78 is 0. The zero-order valence-electron chi connectivity index (χ0n) is 11.0. The van der Waals surface area contributed by atoms with Gasteiger partial charge in [-0.15, -0.1) is 0 Å². The maximum absolute atomic E-state index is 12.2. The average molecular weight is 268 g/mol. The summed E-state index contributed by atoms with van der Waals surface area (Å²) in [6.07, 6.45) is 5.70. The van der Waals surface area contributed by atoms with Crippen LogP contribution in [0.4, 0.5) is 5.82 Å². The Kier molecular flexibility index (Phi) is 3.58. The maximum atomic E-state index is 12.2. The van der Waals surface area contributed by atoms with Crippen LogP contribution in [0.25, 0.3) is 0 Å². The van der Waals surface area contributed by atoms with Gasteiger partial charge in [-0.1, -0.05) is 6.07 Å². The number of carbonyl (C=O) groups excluding carboxylic acids is 1. The van der Waals surface area contributed by atoms with Gasteiger partial charge in [-0.3, -0.25) is 9.78 Å². The molecule has 1 amide bonds. The highest BCUT2D eigenvalue weighted by Gasteiger charge is 2.23. The number of nitrogens with zero attached hydrogens (tertiary/aromatic N) is 2. The molecule has 2 aromatic rings. The molecule has 102 valence electrons. The second-order valence-electron chi connectivity index (χ2n) is 4.82. The van der Waals surface area contributed by atoms with Gasteiger partial charge in [-0.2, -0.15) is 0 Å². The molecule has 2 heterocycles. The molecule has 2 N–H and O–H groups in total. The molecule has 0 radical (unpaired) electrons. The minimum atomic E-state index is -0.132. The van der Waals surface area contributed by atoms with Gasteiger partial charge in [-0.25, -0.2) is 4.98 Å². The quantitative estimate of drug-likeness (QED) is 0.870. The highest BCUT2D eigenvalue weighted by molar-refractivity contribution is 5.98. The monoisotopic (exact) mass is 268 g/mol. The van der Waals surface area contributed by atoms with E-state index in [0.717, 1.165) is 18.5 Å². The van der Waals surface area contributed by atoms with Crippen molar-refractivity contribution < 1.29 is 4.79 Å². The fraction of sp³-hybridized carbons (Fsp3) is 0.267. The topological polar surface area (TPSA) is 66.9 Å². The lowest BCUT2D eigenvalue weighted by Gasteiger charge is -2.10. The van der Waals surface area contributed by atoms with Gasteiger partial charge < -0.3 is 10.6 Å². The van der Waals surface area contributed by atoms with E-state index in [1.807, 2.05) is 18.2 Å². The largest absolute Gasteiger partial charge is 0.367 e. The number of carbonyl (C=O) groups is 1. The van der Waals surface area contributed by atoms with Crippen molar-refractivity contribution in [3.63, 3.8) is 0 Å². The number of hydrogen-bond acceptors (Lipinski definition) is 4. The first kappa shape index (κ1) is 12.6. The molecule has 5 heteroatoms. The van der Waals surface area contributed by atoms with Crippen molar-refractivity contribution in [2.75, 3.05) is 5.32 Å². The Bertz CT molecular complexity index is 596. The predicted octanol–water partition coefficient (Wildman–Crippen LogP) is 1.98. The lowest BCUT2D eigenvalue weighted by atomic mass is 10.2. The highest BCUT2D eigenvalue weighted by Crippen LogP contribution is 2.25. The number of hydrogen-bond donors (Lipinski definition) is 2. The van der Waals surface area contributed by atoms with Crippen LogP contribution < -0.4 is 10.6 Å². The van der Waals surface area contributed by atoms with E-state index in [-0.39, 0.29) is 5.91 Å². The van der Waals surface area contributed by atoms with Crippen LogP contribution in [0.1, 0.15) is 28.9 Å². The highest BCUT2D eigenvalue weighted by atomic mass is 16.1. The number of anilines is 1. The van der Waals surface area contributed by atoms with E-state index in [4.69, 9.17) is 0 Å². The predicted molar refractivity (Wildman–Crippen MR) is 76.3 cm³/mol. The first-order valence-electron chi connectivity index (χ1n) is 6.72. The van der Waals surface area contributed by atoms with E-state index in [2.05, 4.69) is 20.6 Å². The molecule has 5 nitrogen and oxygen atoms in total. The first-order valence-corrected chi connectivity index (χ1v) is 6.72.